The zero-order chi connectivity index (χ0) is 15.3. The van der Waals surface area contributed by atoms with Crippen molar-refractivity contribution in [3.8, 4) is 0 Å². The molecule has 0 bridgehead atoms. The Morgan fingerprint density at radius 1 is 1.35 bits per heavy atom. The third kappa shape index (κ3) is 5.21. The fraction of sp³-hybridized carbons (Fsp3) is 0.750. The third-order valence-corrected chi connectivity index (χ3v) is 5.98. The van der Waals surface area contributed by atoms with Crippen molar-refractivity contribution in [1.29, 1.82) is 0 Å². The highest BCUT2D eigenvalue weighted by Gasteiger charge is 2.33. The number of hydrogen-bond donors (Lipinski definition) is 0. The maximum atomic E-state index is 12.1. The number of carbonyl (C=O) groups is 2. The van der Waals surface area contributed by atoms with Crippen LogP contribution in [0.4, 0.5) is 4.79 Å². The zero-order valence-electron chi connectivity index (χ0n) is 12.3. The van der Waals surface area contributed by atoms with Gasteiger partial charge in [-0.05, 0) is 25.8 Å². The minimum Gasteiger partial charge on any atom is -0.298 e. The molecule has 0 aromatic heterocycles. The van der Waals surface area contributed by atoms with Crippen molar-refractivity contribution in [2.24, 2.45) is 11.1 Å². The number of oxime groups is 1. The van der Waals surface area contributed by atoms with E-state index in [-0.39, 0.29) is 11.7 Å². The highest BCUT2D eigenvalue weighted by atomic mass is 32.2. The van der Waals surface area contributed by atoms with Crippen molar-refractivity contribution >= 4 is 51.7 Å². The molecule has 1 amide bonds. The molecule has 0 unspecified atom stereocenters. The van der Waals surface area contributed by atoms with Crippen molar-refractivity contribution < 1.29 is 14.4 Å². The average molecular weight is 337 g/mol. The fourth-order valence-corrected chi connectivity index (χ4v) is 4.75. The lowest BCUT2D eigenvalue weighted by molar-refractivity contribution is -0.123. The molecule has 5 nitrogen and oxygen atoms in total. The molecule has 20 heavy (non-hydrogen) atoms. The van der Waals surface area contributed by atoms with Gasteiger partial charge in [0.05, 0.1) is 4.75 Å². The lowest BCUT2D eigenvalue weighted by Gasteiger charge is -2.28. The van der Waals surface area contributed by atoms with Gasteiger partial charge in [-0.3, -0.25) is 13.9 Å². The Morgan fingerprint density at radius 2 is 1.90 bits per heavy atom. The number of hydrogen-bond acceptors (Lipinski definition) is 7. The Morgan fingerprint density at radius 3 is 2.40 bits per heavy atom. The first kappa shape index (κ1) is 17.7. The van der Waals surface area contributed by atoms with E-state index in [4.69, 9.17) is 4.84 Å². The Kier molecular flexibility index (Phi) is 6.74. The molecule has 0 N–H and O–H groups in total. The van der Waals surface area contributed by atoms with Crippen LogP contribution in [-0.2, 0) is 9.63 Å². The molecule has 0 aromatic rings. The molecule has 1 fully saturated rings. The third-order valence-electron chi connectivity index (χ3n) is 2.47. The van der Waals surface area contributed by atoms with Crippen LogP contribution in [0.5, 0.6) is 0 Å². The van der Waals surface area contributed by atoms with Gasteiger partial charge in [-0.1, -0.05) is 42.5 Å². The predicted octanol–water partition coefficient (Wildman–Crippen LogP) is 3.46. The quantitative estimate of drug-likeness (QED) is 0.435. The molecular weight excluding hydrogens is 316 g/mol. The predicted molar refractivity (Wildman–Crippen MR) is 88.1 cm³/mol. The summed E-state index contributed by atoms with van der Waals surface area (Å²) in [4.78, 5) is 28.7. The van der Waals surface area contributed by atoms with Gasteiger partial charge >= 0.3 is 6.09 Å². The lowest BCUT2D eigenvalue weighted by atomic mass is 9.98. The van der Waals surface area contributed by atoms with Crippen molar-refractivity contribution in [3.63, 3.8) is 0 Å². The van der Waals surface area contributed by atoms with Crippen LogP contribution in [0.3, 0.4) is 0 Å². The molecule has 1 rings (SSSR count). The number of Topliss-reactive ketones (excluding diaryl/α,β-unsaturated/α-hetero) is 1. The van der Waals surface area contributed by atoms with Gasteiger partial charge in [-0.15, -0.1) is 0 Å². The molecule has 8 heteroatoms. The number of nitrogens with zero attached hydrogens (tertiary/aromatic N) is 2. The van der Waals surface area contributed by atoms with Gasteiger partial charge < -0.3 is 0 Å². The van der Waals surface area contributed by atoms with Crippen LogP contribution >= 0.6 is 35.5 Å². The minimum atomic E-state index is -0.675. The first-order valence-corrected chi connectivity index (χ1v) is 9.00. The molecule has 1 saturated heterocycles. The SMILES string of the molecule is CC(C)C(=O)C(C)(C)SN(C)C(=O)ON=C1SCCS1. The van der Waals surface area contributed by atoms with E-state index in [1.54, 1.807) is 44.4 Å². The molecule has 0 spiro atoms. The van der Waals surface area contributed by atoms with Gasteiger partial charge in [0.25, 0.3) is 0 Å². The maximum absolute atomic E-state index is 12.1. The molecular formula is C12H20N2O3S3. The van der Waals surface area contributed by atoms with E-state index in [2.05, 4.69) is 5.16 Å². The van der Waals surface area contributed by atoms with Crippen LogP contribution in [0, 0.1) is 5.92 Å². The molecule has 0 aliphatic carbocycles. The topological polar surface area (TPSA) is 59.0 Å². The van der Waals surface area contributed by atoms with Crippen molar-refractivity contribution in [2.45, 2.75) is 32.4 Å². The van der Waals surface area contributed by atoms with Crippen LogP contribution in [0.2, 0.25) is 0 Å². The lowest BCUT2D eigenvalue weighted by Crippen LogP contribution is -2.36. The standard InChI is InChI=1S/C12H20N2O3S3/c1-8(2)9(15)12(3,4)20-14(5)11(16)17-13-10-18-6-7-19-10/h8H,6-7H2,1-5H3. The van der Waals surface area contributed by atoms with Gasteiger partial charge in [0.1, 0.15) is 0 Å². The van der Waals surface area contributed by atoms with Crippen molar-refractivity contribution in [1.82, 2.24) is 4.31 Å². The van der Waals surface area contributed by atoms with E-state index in [9.17, 15) is 9.59 Å². The second kappa shape index (κ2) is 7.61. The smallest absolute Gasteiger partial charge is 0.298 e. The van der Waals surface area contributed by atoms with E-state index >= 15 is 0 Å². The maximum Gasteiger partial charge on any atom is 0.445 e. The summed E-state index contributed by atoms with van der Waals surface area (Å²) in [6.07, 6.45) is -0.569. The Bertz CT molecular complexity index is 403. The van der Waals surface area contributed by atoms with E-state index in [1.807, 2.05) is 13.8 Å². The first-order valence-electron chi connectivity index (χ1n) is 6.26. The summed E-state index contributed by atoms with van der Waals surface area (Å²) in [6.45, 7) is 7.31. The normalized spacial score (nSPS) is 15.4. The van der Waals surface area contributed by atoms with Crippen LogP contribution in [0.15, 0.2) is 5.16 Å². The molecule has 0 saturated carbocycles. The fourth-order valence-electron chi connectivity index (χ4n) is 1.61. The van der Waals surface area contributed by atoms with Crippen molar-refractivity contribution in [3.05, 3.63) is 0 Å². The highest BCUT2D eigenvalue weighted by Crippen LogP contribution is 2.31. The molecule has 0 radical (unpaired) electrons. The molecule has 0 aromatic carbocycles. The highest BCUT2D eigenvalue weighted by molar-refractivity contribution is 8.41. The first-order chi connectivity index (χ1) is 9.24. The summed E-state index contributed by atoms with van der Waals surface area (Å²) in [5.74, 6) is 1.99. The average Bonchev–Trinajstić information content (AvgIpc) is 2.87. The molecule has 114 valence electrons. The minimum absolute atomic E-state index is 0.0755. The van der Waals surface area contributed by atoms with E-state index in [1.165, 1.54) is 4.31 Å². The second-order valence-corrected chi connectivity index (χ2v) is 9.21. The van der Waals surface area contributed by atoms with Gasteiger partial charge in [0.2, 0.25) is 0 Å². The number of carbonyl (C=O) groups excluding carboxylic acids is 2. The van der Waals surface area contributed by atoms with Crippen molar-refractivity contribution in [2.75, 3.05) is 18.6 Å². The van der Waals surface area contributed by atoms with Gasteiger partial charge in [0, 0.05) is 24.5 Å². The number of amides is 1. The number of ketones is 1. The number of rotatable bonds is 5. The zero-order valence-corrected chi connectivity index (χ0v) is 14.8. The van der Waals surface area contributed by atoms with E-state index < -0.39 is 10.8 Å². The van der Waals surface area contributed by atoms with Gasteiger partial charge in [-0.25, -0.2) is 4.79 Å². The summed E-state index contributed by atoms with van der Waals surface area (Å²) >= 11 is 4.30. The summed E-state index contributed by atoms with van der Waals surface area (Å²) < 4.78 is 1.41. The van der Waals surface area contributed by atoms with Crippen LogP contribution in [0.1, 0.15) is 27.7 Å². The summed E-state index contributed by atoms with van der Waals surface area (Å²) in [7, 11) is 1.58. The van der Waals surface area contributed by atoms with Crippen LogP contribution in [-0.4, -0.2) is 43.9 Å². The Labute approximate surface area is 132 Å². The largest absolute Gasteiger partial charge is 0.445 e. The summed E-state index contributed by atoms with van der Waals surface area (Å²) in [6, 6.07) is 0. The van der Waals surface area contributed by atoms with Gasteiger partial charge in [-0.2, -0.15) is 0 Å². The Balaban J connectivity index is 2.52. The van der Waals surface area contributed by atoms with Crippen LogP contribution < -0.4 is 0 Å². The Hall–Kier alpha value is -0.340. The second-order valence-electron chi connectivity index (χ2n) is 5.03. The molecule has 1 heterocycles. The summed E-state index contributed by atoms with van der Waals surface area (Å²) in [5.41, 5.74) is 0. The van der Waals surface area contributed by atoms with E-state index in [0.717, 1.165) is 27.8 Å². The molecule has 1 aliphatic rings. The van der Waals surface area contributed by atoms with Gasteiger partial charge in [0.15, 0.2) is 10.2 Å². The summed E-state index contributed by atoms with van der Waals surface area (Å²) in [5, 5.41) is 3.81. The monoisotopic (exact) mass is 336 g/mol. The van der Waals surface area contributed by atoms with Crippen LogP contribution in [0.25, 0.3) is 0 Å². The number of thioether (sulfide) groups is 2. The van der Waals surface area contributed by atoms with E-state index in [0.29, 0.717) is 0 Å². The molecule has 1 aliphatic heterocycles. The molecule has 0 atom stereocenters.